The van der Waals surface area contributed by atoms with Crippen molar-refractivity contribution in [3.8, 4) is 0 Å². The van der Waals surface area contributed by atoms with Gasteiger partial charge in [-0.2, -0.15) is 0 Å². The third kappa shape index (κ3) is 5.74. The average molecular weight is 349 g/mol. The van der Waals surface area contributed by atoms with Crippen LogP contribution in [0.25, 0.3) is 0 Å². The molecule has 0 spiro atoms. The van der Waals surface area contributed by atoms with Crippen LogP contribution in [0.4, 0.5) is 10.1 Å². The van der Waals surface area contributed by atoms with Gasteiger partial charge in [-0.05, 0) is 24.6 Å². The molecule has 0 radical (unpaired) electrons. The number of carbonyl (C=O) groups is 2. The highest BCUT2D eigenvalue weighted by Gasteiger charge is 2.25. The number of rotatable bonds is 5. The van der Waals surface area contributed by atoms with Crippen molar-refractivity contribution < 1.29 is 14.0 Å². The van der Waals surface area contributed by atoms with Crippen molar-refractivity contribution in [1.82, 2.24) is 15.5 Å². The molecule has 3 N–H and O–H groups in total. The molecule has 1 atom stereocenters. The number of aliphatic imine (C=N–C) groups is 1. The number of amides is 2. The quantitative estimate of drug-likeness (QED) is 0.546. The van der Waals surface area contributed by atoms with E-state index < -0.39 is 5.82 Å². The maximum atomic E-state index is 13.1. The van der Waals surface area contributed by atoms with Crippen molar-refractivity contribution in [1.29, 1.82) is 0 Å². The van der Waals surface area contributed by atoms with Gasteiger partial charge in [0.1, 0.15) is 5.82 Å². The Balaban J connectivity index is 1.77. The molecule has 1 saturated heterocycles. The Bertz CT molecular complexity index is 650. The Morgan fingerprint density at radius 3 is 2.88 bits per heavy atom. The molecule has 1 unspecified atom stereocenters. The molecule has 0 aliphatic carbocycles. The molecule has 1 aromatic rings. The molecule has 1 aliphatic rings. The van der Waals surface area contributed by atoms with E-state index in [9.17, 15) is 14.0 Å². The van der Waals surface area contributed by atoms with Gasteiger partial charge in [0.05, 0.1) is 6.54 Å². The summed E-state index contributed by atoms with van der Waals surface area (Å²) in [6.45, 7) is 3.20. The van der Waals surface area contributed by atoms with E-state index in [0.29, 0.717) is 24.6 Å². The molecule has 1 aromatic carbocycles. The summed E-state index contributed by atoms with van der Waals surface area (Å²) in [5.74, 6) is -0.0784. The first kappa shape index (κ1) is 18.7. The number of halogens is 1. The second-order valence-corrected chi connectivity index (χ2v) is 5.81. The minimum absolute atomic E-state index is 0.000507. The van der Waals surface area contributed by atoms with Crippen molar-refractivity contribution in [2.24, 2.45) is 4.99 Å². The maximum Gasteiger partial charge on any atom is 0.243 e. The van der Waals surface area contributed by atoms with Gasteiger partial charge in [-0.15, -0.1) is 0 Å². The first-order valence-corrected chi connectivity index (χ1v) is 8.32. The van der Waals surface area contributed by atoms with Gasteiger partial charge in [0.15, 0.2) is 5.96 Å². The highest BCUT2D eigenvalue weighted by atomic mass is 19.1. The Hall–Kier alpha value is -2.64. The monoisotopic (exact) mass is 349 g/mol. The summed E-state index contributed by atoms with van der Waals surface area (Å²) in [6.07, 6.45) is 1.34. The van der Waals surface area contributed by atoms with Crippen molar-refractivity contribution >= 4 is 23.5 Å². The van der Waals surface area contributed by atoms with Crippen LogP contribution in [0.3, 0.4) is 0 Å². The Kier molecular flexibility index (Phi) is 6.73. The zero-order valence-electron chi connectivity index (χ0n) is 14.5. The lowest BCUT2D eigenvalue weighted by Crippen LogP contribution is -2.47. The number of hydrogen-bond donors (Lipinski definition) is 3. The van der Waals surface area contributed by atoms with E-state index in [1.807, 2.05) is 11.8 Å². The summed E-state index contributed by atoms with van der Waals surface area (Å²) in [5.41, 5.74) is 0.402. The fourth-order valence-corrected chi connectivity index (χ4v) is 2.65. The lowest BCUT2D eigenvalue weighted by Gasteiger charge is -2.18. The van der Waals surface area contributed by atoms with Gasteiger partial charge in [-0.3, -0.25) is 14.6 Å². The predicted molar refractivity (Wildman–Crippen MR) is 94.8 cm³/mol. The molecule has 0 bridgehead atoms. The molecule has 7 nitrogen and oxygen atoms in total. The molecular formula is C17H24FN5O2. The van der Waals surface area contributed by atoms with Gasteiger partial charge in [-0.1, -0.05) is 13.0 Å². The number of hydrogen-bond acceptors (Lipinski definition) is 3. The Morgan fingerprint density at radius 2 is 2.20 bits per heavy atom. The third-order valence-corrected chi connectivity index (χ3v) is 3.93. The zero-order valence-corrected chi connectivity index (χ0v) is 14.5. The maximum absolute atomic E-state index is 13.1. The fourth-order valence-electron chi connectivity index (χ4n) is 2.65. The Labute approximate surface area is 146 Å². The molecule has 8 heteroatoms. The summed E-state index contributed by atoms with van der Waals surface area (Å²) >= 11 is 0. The second kappa shape index (κ2) is 9.00. The largest absolute Gasteiger partial charge is 0.352 e. The van der Waals surface area contributed by atoms with Crippen LogP contribution in [-0.4, -0.2) is 55.4 Å². The van der Waals surface area contributed by atoms with E-state index in [2.05, 4.69) is 20.9 Å². The van der Waals surface area contributed by atoms with Crippen LogP contribution < -0.4 is 16.0 Å². The number of anilines is 1. The van der Waals surface area contributed by atoms with Crippen molar-refractivity contribution in [3.05, 3.63) is 30.1 Å². The summed E-state index contributed by atoms with van der Waals surface area (Å²) in [6, 6.07) is 5.82. The molecule has 25 heavy (non-hydrogen) atoms. The standard InChI is InChI=1S/C17H24FN5O2/c1-3-16(25)23-8-7-14(11-23)22-17(19-2)20-10-15(24)21-13-6-4-5-12(18)9-13/h4-6,9,14H,3,7-8,10-11H2,1-2H3,(H,21,24)(H2,19,20,22). The lowest BCUT2D eigenvalue weighted by atomic mass is 10.3. The van der Waals surface area contributed by atoms with Crippen LogP contribution in [0.2, 0.25) is 0 Å². The topological polar surface area (TPSA) is 85.8 Å². The van der Waals surface area contributed by atoms with Crippen LogP contribution in [0.5, 0.6) is 0 Å². The highest BCUT2D eigenvalue weighted by molar-refractivity contribution is 5.95. The molecule has 2 amide bonds. The van der Waals surface area contributed by atoms with E-state index in [1.165, 1.54) is 18.2 Å². The summed E-state index contributed by atoms with van der Waals surface area (Å²) in [4.78, 5) is 29.5. The second-order valence-electron chi connectivity index (χ2n) is 5.81. The normalized spacial score (nSPS) is 17.3. The molecule has 0 saturated carbocycles. The lowest BCUT2D eigenvalue weighted by molar-refractivity contribution is -0.129. The van der Waals surface area contributed by atoms with Crippen LogP contribution >= 0.6 is 0 Å². The highest BCUT2D eigenvalue weighted by Crippen LogP contribution is 2.10. The number of nitrogens with zero attached hydrogens (tertiary/aromatic N) is 2. The van der Waals surface area contributed by atoms with Gasteiger partial charge in [0.2, 0.25) is 11.8 Å². The van der Waals surface area contributed by atoms with Crippen molar-refractivity contribution in [2.75, 3.05) is 32.0 Å². The van der Waals surface area contributed by atoms with Crippen molar-refractivity contribution in [2.45, 2.75) is 25.8 Å². The van der Waals surface area contributed by atoms with E-state index in [1.54, 1.807) is 13.1 Å². The predicted octanol–water partition coefficient (Wildman–Crippen LogP) is 0.940. The molecule has 0 aromatic heterocycles. The van der Waals surface area contributed by atoms with E-state index in [0.717, 1.165) is 13.0 Å². The van der Waals surface area contributed by atoms with Gasteiger partial charge in [0.25, 0.3) is 0 Å². The number of benzene rings is 1. The molecule has 2 rings (SSSR count). The van der Waals surface area contributed by atoms with Crippen LogP contribution in [-0.2, 0) is 9.59 Å². The average Bonchev–Trinajstić information content (AvgIpc) is 3.06. The first-order chi connectivity index (χ1) is 12.0. The fraction of sp³-hybridized carbons (Fsp3) is 0.471. The van der Waals surface area contributed by atoms with Gasteiger partial charge < -0.3 is 20.9 Å². The van der Waals surface area contributed by atoms with E-state index >= 15 is 0 Å². The molecule has 1 fully saturated rings. The van der Waals surface area contributed by atoms with Gasteiger partial charge in [-0.25, -0.2) is 4.39 Å². The molecule has 136 valence electrons. The first-order valence-electron chi connectivity index (χ1n) is 8.32. The number of likely N-dealkylation sites (tertiary alicyclic amines) is 1. The van der Waals surface area contributed by atoms with Gasteiger partial charge in [0, 0.05) is 38.3 Å². The van der Waals surface area contributed by atoms with Crippen LogP contribution in [0.1, 0.15) is 19.8 Å². The minimum Gasteiger partial charge on any atom is -0.352 e. The van der Waals surface area contributed by atoms with Crippen LogP contribution in [0.15, 0.2) is 29.3 Å². The van der Waals surface area contributed by atoms with E-state index in [4.69, 9.17) is 0 Å². The van der Waals surface area contributed by atoms with Crippen molar-refractivity contribution in [3.63, 3.8) is 0 Å². The zero-order chi connectivity index (χ0) is 18.2. The third-order valence-electron chi connectivity index (χ3n) is 3.93. The summed E-state index contributed by atoms with van der Waals surface area (Å²) in [5, 5.41) is 8.73. The van der Waals surface area contributed by atoms with Crippen LogP contribution in [0, 0.1) is 5.82 Å². The number of guanidine groups is 1. The summed E-state index contributed by atoms with van der Waals surface area (Å²) in [7, 11) is 1.61. The Morgan fingerprint density at radius 1 is 1.40 bits per heavy atom. The van der Waals surface area contributed by atoms with E-state index in [-0.39, 0.29) is 24.4 Å². The number of nitrogens with one attached hydrogen (secondary N) is 3. The number of carbonyl (C=O) groups excluding carboxylic acids is 2. The molecule has 1 aliphatic heterocycles. The summed E-state index contributed by atoms with van der Waals surface area (Å²) < 4.78 is 13.1. The SMILES string of the molecule is CCC(=O)N1CCC(NC(=NC)NCC(=O)Nc2cccc(F)c2)C1. The smallest absolute Gasteiger partial charge is 0.243 e. The minimum atomic E-state index is -0.407. The van der Waals surface area contributed by atoms with Gasteiger partial charge >= 0.3 is 0 Å². The molecule has 1 heterocycles. The molecular weight excluding hydrogens is 325 g/mol.